The average molecular weight is 254 g/mol. The number of hydrogen-bond donors (Lipinski definition) is 0. The molecule has 0 spiro atoms. The van der Waals surface area contributed by atoms with Crippen LogP contribution in [-0.2, 0) is 0 Å². The maximum absolute atomic E-state index is 5.44. The standard InChI is InChI=1S/C17H18O2/c1-12(2)13-8-9-17(19-4)16(11-13)14-6-5-7-15(10-14)18-3/h5-11H,1H2,2-4H3. The first-order valence-electron chi connectivity index (χ1n) is 6.14. The molecule has 0 unspecified atom stereocenters. The van der Waals surface area contributed by atoms with Crippen LogP contribution >= 0.6 is 0 Å². The SMILES string of the molecule is C=C(C)c1ccc(OC)c(-c2cccc(OC)c2)c1. The molecule has 2 rings (SSSR count). The molecule has 0 bridgehead atoms. The monoisotopic (exact) mass is 254 g/mol. The molecule has 0 saturated carbocycles. The molecule has 0 radical (unpaired) electrons. The van der Waals surface area contributed by atoms with E-state index in [9.17, 15) is 0 Å². The van der Waals surface area contributed by atoms with E-state index in [0.29, 0.717) is 0 Å². The Morgan fingerprint density at radius 1 is 1.00 bits per heavy atom. The van der Waals surface area contributed by atoms with E-state index >= 15 is 0 Å². The smallest absolute Gasteiger partial charge is 0.126 e. The van der Waals surface area contributed by atoms with Crippen molar-refractivity contribution in [2.75, 3.05) is 14.2 Å². The van der Waals surface area contributed by atoms with Crippen molar-refractivity contribution >= 4 is 5.57 Å². The van der Waals surface area contributed by atoms with E-state index in [4.69, 9.17) is 9.47 Å². The summed E-state index contributed by atoms with van der Waals surface area (Å²) in [7, 11) is 3.35. The zero-order valence-electron chi connectivity index (χ0n) is 11.6. The third-order valence-electron chi connectivity index (χ3n) is 3.07. The topological polar surface area (TPSA) is 18.5 Å². The normalized spacial score (nSPS) is 10.1. The van der Waals surface area contributed by atoms with E-state index in [1.54, 1.807) is 14.2 Å². The van der Waals surface area contributed by atoms with Crippen LogP contribution in [0.1, 0.15) is 12.5 Å². The van der Waals surface area contributed by atoms with E-state index in [1.807, 2.05) is 43.3 Å². The second kappa shape index (κ2) is 5.61. The highest BCUT2D eigenvalue weighted by Crippen LogP contribution is 2.34. The average Bonchev–Trinajstić information content (AvgIpc) is 2.46. The Labute approximate surface area is 114 Å². The molecule has 0 amide bonds. The van der Waals surface area contributed by atoms with Gasteiger partial charge < -0.3 is 9.47 Å². The fraction of sp³-hybridized carbons (Fsp3) is 0.176. The van der Waals surface area contributed by atoms with E-state index < -0.39 is 0 Å². The lowest BCUT2D eigenvalue weighted by Crippen LogP contribution is -1.91. The highest BCUT2D eigenvalue weighted by Gasteiger charge is 2.08. The lowest BCUT2D eigenvalue weighted by molar-refractivity contribution is 0.413. The van der Waals surface area contributed by atoms with Crippen LogP contribution < -0.4 is 9.47 Å². The van der Waals surface area contributed by atoms with Gasteiger partial charge in [0.1, 0.15) is 11.5 Å². The summed E-state index contributed by atoms with van der Waals surface area (Å²) in [5, 5.41) is 0. The fourth-order valence-corrected chi connectivity index (χ4v) is 1.99. The van der Waals surface area contributed by atoms with E-state index in [2.05, 4.69) is 12.6 Å². The first-order chi connectivity index (χ1) is 9.15. The number of allylic oxidation sites excluding steroid dienone is 1. The summed E-state index contributed by atoms with van der Waals surface area (Å²) < 4.78 is 10.7. The molecular formula is C17H18O2. The summed E-state index contributed by atoms with van der Waals surface area (Å²) in [6.07, 6.45) is 0. The highest BCUT2D eigenvalue weighted by atomic mass is 16.5. The second-order valence-corrected chi connectivity index (χ2v) is 4.43. The van der Waals surface area contributed by atoms with Crippen molar-refractivity contribution in [3.63, 3.8) is 0 Å². The fourth-order valence-electron chi connectivity index (χ4n) is 1.99. The van der Waals surface area contributed by atoms with Gasteiger partial charge in [-0.3, -0.25) is 0 Å². The van der Waals surface area contributed by atoms with E-state index in [0.717, 1.165) is 33.8 Å². The van der Waals surface area contributed by atoms with Crippen molar-refractivity contribution < 1.29 is 9.47 Å². The molecule has 0 aromatic heterocycles. The maximum atomic E-state index is 5.44. The van der Waals surface area contributed by atoms with Crippen molar-refractivity contribution in [1.29, 1.82) is 0 Å². The van der Waals surface area contributed by atoms with Gasteiger partial charge in [-0.15, -0.1) is 0 Å². The van der Waals surface area contributed by atoms with Crippen molar-refractivity contribution in [2.24, 2.45) is 0 Å². The quantitative estimate of drug-likeness (QED) is 0.805. The van der Waals surface area contributed by atoms with Crippen LogP contribution in [0.3, 0.4) is 0 Å². The first kappa shape index (κ1) is 13.2. The van der Waals surface area contributed by atoms with Crippen molar-refractivity contribution in [2.45, 2.75) is 6.92 Å². The third kappa shape index (κ3) is 2.79. The van der Waals surface area contributed by atoms with Crippen LogP contribution in [0.5, 0.6) is 11.5 Å². The predicted octanol–water partition coefficient (Wildman–Crippen LogP) is 4.40. The summed E-state index contributed by atoms with van der Waals surface area (Å²) in [6.45, 7) is 5.98. The van der Waals surface area contributed by atoms with Gasteiger partial charge in [0, 0.05) is 5.56 Å². The number of hydrogen-bond acceptors (Lipinski definition) is 2. The molecule has 0 N–H and O–H groups in total. The third-order valence-corrected chi connectivity index (χ3v) is 3.07. The largest absolute Gasteiger partial charge is 0.497 e. The van der Waals surface area contributed by atoms with Crippen LogP contribution in [0, 0.1) is 0 Å². The lowest BCUT2D eigenvalue weighted by atomic mass is 9.99. The molecule has 2 aromatic carbocycles. The van der Waals surface area contributed by atoms with Gasteiger partial charge in [0.05, 0.1) is 14.2 Å². The second-order valence-electron chi connectivity index (χ2n) is 4.43. The Kier molecular flexibility index (Phi) is 3.91. The Morgan fingerprint density at radius 2 is 1.79 bits per heavy atom. The molecule has 0 fully saturated rings. The maximum Gasteiger partial charge on any atom is 0.126 e. The van der Waals surface area contributed by atoms with Crippen LogP contribution in [0.15, 0.2) is 49.0 Å². The predicted molar refractivity (Wildman–Crippen MR) is 79.7 cm³/mol. The van der Waals surface area contributed by atoms with Crippen LogP contribution in [0.2, 0.25) is 0 Å². The van der Waals surface area contributed by atoms with Crippen molar-refractivity contribution in [1.82, 2.24) is 0 Å². The summed E-state index contributed by atoms with van der Waals surface area (Å²) in [5.41, 5.74) is 4.26. The Bertz CT molecular complexity index is 600. The molecule has 0 atom stereocenters. The summed E-state index contributed by atoms with van der Waals surface area (Å²) in [6, 6.07) is 14.0. The van der Waals surface area contributed by atoms with Gasteiger partial charge in [-0.25, -0.2) is 0 Å². The van der Waals surface area contributed by atoms with Crippen molar-refractivity contribution in [3.05, 3.63) is 54.6 Å². The van der Waals surface area contributed by atoms with Crippen LogP contribution in [0.25, 0.3) is 16.7 Å². The van der Waals surface area contributed by atoms with Crippen molar-refractivity contribution in [3.8, 4) is 22.6 Å². The van der Waals surface area contributed by atoms with E-state index in [1.165, 1.54) is 0 Å². The van der Waals surface area contributed by atoms with Gasteiger partial charge in [-0.2, -0.15) is 0 Å². The highest BCUT2D eigenvalue weighted by molar-refractivity contribution is 5.76. The minimum absolute atomic E-state index is 0.834. The first-order valence-corrected chi connectivity index (χ1v) is 6.14. The lowest BCUT2D eigenvalue weighted by Gasteiger charge is -2.12. The number of ether oxygens (including phenoxy) is 2. The molecular weight excluding hydrogens is 236 g/mol. The zero-order chi connectivity index (χ0) is 13.8. The Balaban J connectivity index is 2.57. The molecule has 2 aromatic rings. The molecule has 0 aliphatic carbocycles. The Morgan fingerprint density at radius 3 is 2.42 bits per heavy atom. The van der Waals surface area contributed by atoms with Gasteiger partial charge in [0.15, 0.2) is 0 Å². The molecule has 2 heteroatoms. The number of methoxy groups -OCH3 is 2. The van der Waals surface area contributed by atoms with Crippen LogP contribution in [0.4, 0.5) is 0 Å². The molecule has 0 aliphatic rings. The summed E-state index contributed by atoms with van der Waals surface area (Å²) in [5.74, 6) is 1.68. The molecule has 0 saturated heterocycles. The molecule has 19 heavy (non-hydrogen) atoms. The summed E-state index contributed by atoms with van der Waals surface area (Å²) in [4.78, 5) is 0. The molecule has 0 heterocycles. The minimum atomic E-state index is 0.834. The molecule has 98 valence electrons. The van der Waals surface area contributed by atoms with Gasteiger partial charge >= 0.3 is 0 Å². The molecule has 0 aliphatic heterocycles. The van der Waals surface area contributed by atoms with Gasteiger partial charge in [-0.05, 0) is 42.3 Å². The number of rotatable bonds is 4. The van der Waals surface area contributed by atoms with Gasteiger partial charge in [0.2, 0.25) is 0 Å². The zero-order valence-corrected chi connectivity index (χ0v) is 11.6. The van der Waals surface area contributed by atoms with Gasteiger partial charge in [0.25, 0.3) is 0 Å². The van der Waals surface area contributed by atoms with E-state index in [-0.39, 0.29) is 0 Å². The summed E-state index contributed by atoms with van der Waals surface area (Å²) >= 11 is 0. The molecule has 2 nitrogen and oxygen atoms in total. The minimum Gasteiger partial charge on any atom is -0.497 e. The van der Waals surface area contributed by atoms with Crippen LogP contribution in [-0.4, -0.2) is 14.2 Å². The number of benzene rings is 2. The Hall–Kier alpha value is -2.22. The van der Waals surface area contributed by atoms with Gasteiger partial charge in [-0.1, -0.05) is 30.4 Å².